The fourth-order valence-corrected chi connectivity index (χ4v) is 5.77. The van der Waals surface area contributed by atoms with Crippen molar-refractivity contribution in [1.82, 2.24) is 30.0 Å². The molecule has 1 saturated heterocycles. The number of para-hydroxylation sites is 1. The number of nitrogens with zero attached hydrogens (tertiary/aromatic N) is 5. The van der Waals surface area contributed by atoms with Crippen LogP contribution in [0.2, 0.25) is 0 Å². The molecular weight excluding hydrogens is 501 g/mol. The molecule has 3 aromatic heterocycles. The van der Waals surface area contributed by atoms with Gasteiger partial charge in [-0.25, -0.2) is 9.37 Å². The summed E-state index contributed by atoms with van der Waals surface area (Å²) in [7, 11) is 0. The average Bonchev–Trinajstić information content (AvgIpc) is 3.68. The first-order chi connectivity index (χ1) is 19.7. The molecule has 0 aliphatic carbocycles. The van der Waals surface area contributed by atoms with Crippen LogP contribution in [0.4, 0.5) is 4.39 Å². The molecule has 0 atom stereocenters. The predicted molar refractivity (Wildman–Crippen MR) is 159 cm³/mol. The van der Waals surface area contributed by atoms with Gasteiger partial charge in [0.1, 0.15) is 11.5 Å². The third-order valence-corrected chi connectivity index (χ3v) is 7.77. The number of likely N-dealkylation sites (tertiary alicyclic amines) is 1. The minimum absolute atomic E-state index is 0.216. The van der Waals surface area contributed by atoms with Crippen molar-refractivity contribution in [3.05, 3.63) is 84.0 Å². The largest absolute Gasteiger partial charge is 0.337 e. The second-order valence-corrected chi connectivity index (χ2v) is 10.5. The zero-order valence-corrected chi connectivity index (χ0v) is 22.2. The summed E-state index contributed by atoms with van der Waals surface area (Å²) in [4.78, 5) is 19.8. The van der Waals surface area contributed by atoms with Crippen molar-refractivity contribution in [3.8, 4) is 22.6 Å². The lowest BCUT2D eigenvalue weighted by molar-refractivity contribution is 0.334. The van der Waals surface area contributed by atoms with Crippen LogP contribution in [-0.2, 0) is 6.42 Å². The highest BCUT2D eigenvalue weighted by Crippen LogP contribution is 2.33. The number of rotatable bonds is 7. The molecule has 0 radical (unpaired) electrons. The second-order valence-electron chi connectivity index (χ2n) is 10.5. The third kappa shape index (κ3) is 4.86. The summed E-state index contributed by atoms with van der Waals surface area (Å²) >= 11 is 0. The van der Waals surface area contributed by atoms with Gasteiger partial charge in [0.25, 0.3) is 0 Å². The van der Waals surface area contributed by atoms with Crippen LogP contribution in [0, 0.1) is 5.82 Å². The van der Waals surface area contributed by atoms with Crippen molar-refractivity contribution < 1.29 is 4.39 Å². The van der Waals surface area contributed by atoms with Gasteiger partial charge in [0.15, 0.2) is 5.82 Å². The summed E-state index contributed by atoms with van der Waals surface area (Å²) in [6.45, 7) is 4.06. The Balaban J connectivity index is 1.22. The number of aliphatic imine (C=N–C) groups is 1. The van der Waals surface area contributed by atoms with Gasteiger partial charge in [-0.3, -0.25) is 15.1 Å². The second kappa shape index (κ2) is 10.6. The molecule has 2 aromatic carbocycles. The number of benzene rings is 2. The standard InChI is InChI=1S/C32H30FN7/c33-24-17-21(6-5-15-40-13-1-2-14-40)16-23(18-24)25-8-3-9-27-30(25)37-32(36-27)31-26-19-28(35-20-29(26)38-39-31)22-7-4-11-34-12-10-22/h3-4,7-11,16-20H,1-2,5-6,12-15H2,(H,36,37)(H,38,39). The SMILES string of the molecule is Fc1cc(CCCN2CCCC2)cc(-c2cccc3[nH]c(-c4n[nH]c5cnc(C6=CCN=CC=C6)cc45)nc23)c1. The van der Waals surface area contributed by atoms with Crippen LogP contribution in [0.3, 0.4) is 0 Å². The van der Waals surface area contributed by atoms with E-state index in [9.17, 15) is 4.39 Å². The summed E-state index contributed by atoms with van der Waals surface area (Å²) in [6, 6.07) is 13.4. The molecule has 40 heavy (non-hydrogen) atoms. The number of halogens is 1. The monoisotopic (exact) mass is 531 g/mol. The number of hydrogen-bond acceptors (Lipinski definition) is 5. The van der Waals surface area contributed by atoms with Crippen molar-refractivity contribution >= 4 is 33.7 Å². The van der Waals surface area contributed by atoms with Crippen LogP contribution in [0.1, 0.15) is 30.5 Å². The molecule has 7 nitrogen and oxygen atoms in total. The highest BCUT2D eigenvalue weighted by atomic mass is 19.1. The lowest BCUT2D eigenvalue weighted by atomic mass is 9.99. The van der Waals surface area contributed by atoms with E-state index >= 15 is 0 Å². The van der Waals surface area contributed by atoms with Crippen molar-refractivity contribution in [2.24, 2.45) is 4.99 Å². The molecule has 2 aliphatic rings. The molecule has 0 spiro atoms. The number of aromatic nitrogens is 5. The lowest BCUT2D eigenvalue weighted by Crippen LogP contribution is -2.20. The van der Waals surface area contributed by atoms with E-state index in [1.165, 1.54) is 25.9 Å². The fourth-order valence-electron chi connectivity index (χ4n) is 5.77. The molecule has 7 rings (SSSR count). The number of imidazole rings is 1. The predicted octanol–water partition coefficient (Wildman–Crippen LogP) is 6.36. The van der Waals surface area contributed by atoms with Crippen LogP contribution in [0.15, 0.2) is 71.9 Å². The van der Waals surface area contributed by atoms with Gasteiger partial charge in [-0.2, -0.15) is 5.10 Å². The number of aromatic amines is 2. The molecule has 0 unspecified atom stereocenters. The first-order valence-electron chi connectivity index (χ1n) is 13.9. The molecule has 5 heterocycles. The molecule has 0 saturated carbocycles. The lowest BCUT2D eigenvalue weighted by Gasteiger charge is -2.14. The Morgan fingerprint density at radius 2 is 1.95 bits per heavy atom. The maximum atomic E-state index is 14.8. The van der Waals surface area contributed by atoms with Gasteiger partial charge in [-0.05, 0) is 92.4 Å². The molecular formula is C32H30FN7. The van der Waals surface area contributed by atoms with Crippen LogP contribution >= 0.6 is 0 Å². The number of allylic oxidation sites excluding steroid dienone is 3. The van der Waals surface area contributed by atoms with Crippen LogP contribution < -0.4 is 0 Å². The molecule has 5 aromatic rings. The summed E-state index contributed by atoms with van der Waals surface area (Å²) in [5.41, 5.74) is 7.85. The first-order valence-corrected chi connectivity index (χ1v) is 13.9. The number of nitrogens with one attached hydrogen (secondary N) is 2. The first kappa shape index (κ1) is 24.6. The molecule has 2 N–H and O–H groups in total. The van der Waals surface area contributed by atoms with Crippen LogP contribution in [0.5, 0.6) is 0 Å². The Kier molecular flexibility index (Phi) is 6.53. The number of fused-ring (bicyclic) bond motifs is 2. The van der Waals surface area contributed by atoms with Gasteiger partial charge >= 0.3 is 0 Å². The highest BCUT2D eigenvalue weighted by Gasteiger charge is 2.17. The van der Waals surface area contributed by atoms with Gasteiger partial charge < -0.3 is 9.88 Å². The van der Waals surface area contributed by atoms with Crippen LogP contribution in [0.25, 0.3) is 50.2 Å². The van der Waals surface area contributed by atoms with E-state index in [4.69, 9.17) is 4.98 Å². The van der Waals surface area contributed by atoms with E-state index in [1.807, 2.05) is 36.4 Å². The zero-order valence-electron chi connectivity index (χ0n) is 22.2. The molecule has 2 aliphatic heterocycles. The van der Waals surface area contributed by atoms with E-state index in [2.05, 4.69) is 42.2 Å². The summed E-state index contributed by atoms with van der Waals surface area (Å²) in [5.74, 6) is 0.439. The summed E-state index contributed by atoms with van der Waals surface area (Å²) < 4.78 is 14.8. The molecule has 0 amide bonds. The highest BCUT2D eigenvalue weighted by molar-refractivity contribution is 5.98. The number of pyridine rings is 1. The average molecular weight is 532 g/mol. The van der Waals surface area contributed by atoms with Gasteiger partial charge in [0.2, 0.25) is 0 Å². The Labute approximate surface area is 231 Å². The van der Waals surface area contributed by atoms with Crippen molar-refractivity contribution in [3.63, 3.8) is 0 Å². The van der Waals surface area contributed by atoms with Crippen LogP contribution in [-0.4, -0.2) is 62.4 Å². The van der Waals surface area contributed by atoms with E-state index in [0.717, 1.165) is 75.0 Å². The fraction of sp³-hybridized carbons (Fsp3) is 0.250. The Morgan fingerprint density at radius 3 is 2.88 bits per heavy atom. The quantitative estimate of drug-likeness (QED) is 0.256. The number of H-pyrrole nitrogens is 2. The van der Waals surface area contributed by atoms with E-state index in [0.29, 0.717) is 12.4 Å². The summed E-state index contributed by atoms with van der Waals surface area (Å²) in [6.07, 6.45) is 14.1. The Bertz CT molecular complexity index is 1790. The zero-order chi connectivity index (χ0) is 26.9. The molecule has 200 valence electrons. The molecule has 1 fully saturated rings. The Morgan fingerprint density at radius 1 is 1.02 bits per heavy atom. The maximum Gasteiger partial charge on any atom is 0.159 e. The number of hydrogen-bond donors (Lipinski definition) is 2. The van der Waals surface area contributed by atoms with Crippen molar-refractivity contribution in [1.29, 1.82) is 0 Å². The van der Waals surface area contributed by atoms with Gasteiger partial charge in [-0.1, -0.05) is 30.4 Å². The van der Waals surface area contributed by atoms with Gasteiger partial charge in [0, 0.05) is 17.2 Å². The summed E-state index contributed by atoms with van der Waals surface area (Å²) in [5, 5.41) is 8.59. The minimum atomic E-state index is -0.216. The van der Waals surface area contributed by atoms with Gasteiger partial charge in [-0.15, -0.1) is 0 Å². The van der Waals surface area contributed by atoms with Crippen molar-refractivity contribution in [2.45, 2.75) is 25.7 Å². The number of aryl methyl sites for hydroxylation is 1. The molecule has 0 bridgehead atoms. The normalized spacial score (nSPS) is 15.8. The Hall–Kier alpha value is -4.43. The van der Waals surface area contributed by atoms with Gasteiger partial charge in [0.05, 0.1) is 35.0 Å². The minimum Gasteiger partial charge on any atom is -0.337 e. The van der Waals surface area contributed by atoms with E-state index in [-0.39, 0.29) is 5.82 Å². The maximum absolute atomic E-state index is 14.8. The van der Waals surface area contributed by atoms with Crippen molar-refractivity contribution in [2.75, 3.05) is 26.2 Å². The van der Waals surface area contributed by atoms with E-state index in [1.54, 1.807) is 24.5 Å². The third-order valence-electron chi connectivity index (χ3n) is 7.77. The smallest absolute Gasteiger partial charge is 0.159 e. The topological polar surface area (TPSA) is 85.9 Å². The van der Waals surface area contributed by atoms with E-state index < -0.39 is 0 Å². The molecule has 8 heteroatoms.